The van der Waals surface area contributed by atoms with Gasteiger partial charge in [-0.25, -0.2) is 4.79 Å². The lowest BCUT2D eigenvalue weighted by atomic mass is 10.2. The van der Waals surface area contributed by atoms with Crippen LogP contribution in [-0.2, 0) is 9.53 Å². The largest absolute Gasteiger partial charge is 0.504 e. The number of rotatable bonds is 3. The summed E-state index contributed by atoms with van der Waals surface area (Å²) in [6.45, 7) is 0. The Kier molecular flexibility index (Phi) is 3.30. The number of aliphatic carboxylic acids is 1. The van der Waals surface area contributed by atoms with Crippen LogP contribution in [0.15, 0.2) is 41.2 Å². The summed E-state index contributed by atoms with van der Waals surface area (Å²) < 4.78 is 9.73. The molecule has 0 bridgehead atoms. The third-order valence-corrected chi connectivity index (χ3v) is 2.36. The van der Waals surface area contributed by atoms with Crippen molar-refractivity contribution in [3.63, 3.8) is 0 Å². The van der Waals surface area contributed by atoms with Crippen molar-refractivity contribution in [1.82, 2.24) is 0 Å². The molecule has 0 saturated heterocycles. The number of phenolic OH excluding ortho intramolecular Hbond substituents is 1. The van der Waals surface area contributed by atoms with Gasteiger partial charge in [0.1, 0.15) is 0 Å². The summed E-state index contributed by atoms with van der Waals surface area (Å²) in [5, 5.41) is 46.5. The fourth-order valence-electron chi connectivity index (χ4n) is 1.41. The number of carboxylic acids is 1. The average Bonchev–Trinajstić information content (AvgIpc) is 2.41. The van der Waals surface area contributed by atoms with Crippen LogP contribution in [0.2, 0.25) is 0 Å². The number of benzene rings is 1. The second kappa shape index (κ2) is 4.92. The Balaban J connectivity index is 2.32. The molecule has 105 valence electrons. The molecular weight excluding hydrogens is 272 g/mol. The van der Waals surface area contributed by atoms with Crippen LogP contribution < -0.4 is 4.74 Å². The van der Waals surface area contributed by atoms with Crippen LogP contribution in [0.3, 0.4) is 0 Å². The predicted octanol–water partition coefficient (Wildman–Crippen LogP) is 1.11. The zero-order valence-electron chi connectivity index (χ0n) is 9.77. The predicted molar refractivity (Wildman–Crippen MR) is 62.0 cm³/mol. The number of hydrogen-bond acceptors (Lipinski definition) is 7. The first kappa shape index (κ1) is 13.4. The first-order valence-corrected chi connectivity index (χ1v) is 5.23. The van der Waals surface area contributed by atoms with Crippen molar-refractivity contribution in [2.75, 3.05) is 0 Å². The Labute approximate surface area is 112 Å². The topological polar surface area (TPSA) is 137 Å². The molecule has 1 aliphatic heterocycles. The molecule has 8 heteroatoms. The van der Waals surface area contributed by atoms with Crippen LogP contribution in [0.4, 0.5) is 0 Å². The van der Waals surface area contributed by atoms with E-state index in [-0.39, 0.29) is 11.5 Å². The van der Waals surface area contributed by atoms with Gasteiger partial charge in [0.15, 0.2) is 11.5 Å². The summed E-state index contributed by atoms with van der Waals surface area (Å²) in [6.07, 6.45) is -1.74. The van der Waals surface area contributed by atoms with Crippen molar-refractivity contribution in [3.05, 3.63) is 47.3 Å². The molecular formula is C12H9O8. The first-order chi connectivity index (χ1) is 9.41. The SMILES string of the molecule is O=C(O)C1=C(O)C(O)=C(O)C(Oc2c[c]ccc2O)O1. The zero-order valence-corrected chi connectivity index (χ0v) is 9.77. The molecule has 1 heterocycles. The Morgan fingerprint density at radius 3 is 2.55 bits per heavy atom. The van der Waals surface area contributed by atoms with Gasteiger partial charge in [-0.05, 0) is 18.2 Å². The van der Waals surface area contributed by atoms with E-state index in [1.165, 1.54) is 18.2 Å². The van der Waals surface area contributed by atoms with Gasteiger partial charge in [0.25, 0.3) is 5.76 Å². The minimum atomic E-state index is -1.74. The van der Waals surface area contributed by atoms with Crippen molar-refractivity contribution < 1.29 is 39.8 Å². The molecule has 0 aliphatic carbocycles. The smallest absolute Gasteiger partial charge is 0.375 e. The molecule has 1 unspecified atom stereocenters. The van der Waals surface area contributed by atoms with Gasteiger partial charge in [-0.2, -0.15) is 0 Å². The average molecular weight is 281 g/mol. The van der Waals surface area contributed by atoms with E-state index in [0.29, 0.717) is 0 Å². The van der Waals surface area contributed by atoms with Crippen LogP contribution >= 0.6 is 0 Å². The summed E-state index contributed by atoms with van der Waals surface area (Å²) >= 11 is 0. The van der Waals surface area contributed by atoms with E-state index in [1.54, 1.807) is 0 Å². The van der Waals surface area contributed by atoms with Crippen LogP contribution in [-0.4, -0.2) is 37.8 Å². The van der Waals surface area contributed by atoms with E-state index in [2.05, 4.69) is 6.07 Å². The van der Waals surface area contributed by atoms with E-state index in [4.69, 9.17) is 14.6 Å². The molecule has 0 spiro atoms. The number of phenols is 1. The number of carboxylic acid groups (broad SMARTS) is 1. The monoisotopic (exact) mass is 281 g/mol. The standard InChI is InChI=1S/C12H9O8/c13-5-3-1-2-4-6(5)19-12-9(16)7(14)8(15)10(20-12)11(17)18/h1,3-4,12-16H,(H,17,18). The minimum Gasteiger partial charge on any atom is -0.504 e. The van der Waals surface area contributed by atoms with Gasteiger partial charge in [0.2, 0.25) is 17.3 Å². The van der Waals surface area contributed by atoms with Gasteiger partial charge in [0, 0.05) is 0 Å². The van der Waals surface area contributed by atoms with Gasteiger partial charge < -0.3 is 35.0 Å². The number of carbonyl (C=O) groups is 1. The van der Waals surface area contributed by atoms with Gasteiger partial charge >= 0.3 is 12.3 Å². The molecule has 1 aliphatic rings. The second-order valence-electron chi connectivity index (χ2n) is 3.68. The van der Waals surface area contributed by atoms with E-state index in [0.717, 1.165) is 0 Å². The molecule has 0 aromatic heterocycles. The van der Waals surface area contributed by atoms with Crippen molar-refractivity contribution in [2.24, 2.45) is 0 Å². The molecule has 2 rings (SSSR count). The van der Waals surface area contributed by atoms with Crippen LogP contribution in [0.25, 0.3) is 0 Å². The molecule has 1 aromatic rings. The third kappa shape index (κ3) is 2.26. The van der Waals surface area contributed by atoms with Crippen molar-refractivity contribution >= 4 is 5.97 Å². The van der Waals surface area contributed by atoms with Crippen molar-refractivity contribution in [3.8, 4) is 11.5 Å². The number of aromatic hydroxyl groups is 1. The summed E-state index contributed by atoms with van der Waals surface area (Å²) in [5.41, 5.74) is 0. The van der Waals surface area contributed by atoms with Gasteiger partial charge in [-0.3, -0.25) is 0 Å². The lowest BCUT2D eigenvalue weighted by Crippen LogP contribution is -2.31. The van der Waals surface area contributed by atoms with Gasteiger partial charge in [0.05, 0.1) is 0 Å². The first-order valence-electron chi connectivity index (χ1n) is 5.23. The Morgan fingerprint density at radius 1 is 1.25 bits per heavy atom. The van der Waals surface area contributed by atoms with Crippen molar-refractivity contribution in [2.45, 2.75) is 6.29 Å². The van der Waals surface area contributed by atoms with Crippen LogP contribution in [0.1, 0.15) is 0 Å². The molecule has 8 nitrogen and oxygen atoms in total. The number of ether oxygens (including phenoxy) is 2. The summed E-state index contributed by atoms with van der Waals surface area (Å²) in [4.78, 5) is 10.8. The molecule has 20 heavy (non-hydrogen) atoms. The maximum absolute atomic E-state index is 10.8. The second-order valence-corrected chi connectivity index (χ2v) is 3.68. The Morgan fingerprint density at radius 2 is 1.95 bits per heavy atom. The quantitative estimate of drug-likeness (QED) is 0.555. The van der Waals surface area contributed by atoms with Crippen LogP contribution in [0.5, 0.6) is 11.5 Å². The molecule has 0 amide bonds. The Hall–Kier alpha value is -3.03. The molecule has 0 fully saturated rings. The highest BCUT2D eigenvalue weighted by Crippen LogP contribution is 2.31. The maximum Gasteiger partial charge on any atom is 0.375 e. The number of aliphatic hydroxyl groups is 3. The minimum absolute atomic E-state index is 0.164. The normalized spacial score (nSPS) is 18.7. The van der Waals surface area contributed by atoms with E-state index in [9.17, 15) is 25.2 Å². The molecule has 1 radical (unpaired) electrons. The zero-order chi connectivity index (χ0) is 14.9. The highest BCUT2D eigenvalue weighted by molar-refractivity contribution is 5.86. The molecule has 5 N–H and O–H groups in total. The highest BCUT2D eigenvalue weighted by atomic mass is 16.7. The third-order valence-electron chi connectivity index (χ3n) is 2.36. The maximum atomic E-state index is 10.8. The summed E-state index contributed by atoms with van der Waals surface area (Å²) in [6, 6.07) is 6.43. The fraction of sp³-hybridized carbons (Fsp3) is 0.0833. The highest BCUT2D eigenvalue weighted by Gasteiger charge is 2.36. The molecule has 1 aromatic carbocycles. The fourth-order valence-corrected chi connectivity index (χ4v) is 1.41. The molecule has 1 atom stereocenters. The van der Waals surface area contributed by atoms with Gasteiger partial charge in [-0.15, -0.1) is 0 Å². The summed E-state index contributed by atoms with van der Waals surface area (Å²) in [7, 11) is 0. The number of hydrogen-bond donors (Lipinski definition) is 5. The van der Waals surface area contributed by atoms with Crippen molar-refractivity contribution in [1.29, 1.82) is 0 Å². The molecule has 0 saturated carbocycles. The lowest BCUT2D eigenvalue weighted by molar-refractivity contribution is -0.143. The van der Waals surface area contributed by atoms with Crippen LogP contribution in [0, 0.1) is 6.07 Å². The lowest BCUT2D eigenvalue weighted by Gasteiger charge is -2.24. The van der Waals surface area contributed by atoms with E-state index < -0.39 is 35.3 Å². The van der Waals surface area contributed by atoms with E-state index >= 15 is 0 Å². The van der Waals surface area contributed by atoms with E-state index in [1.807, 2.05) is 0 Å². The Bertz CT molecular complexity index is 616. The van der Waals surface area contributed by atoms with Gasteiger partial charge in [-0.1, -0.05) is 6.07 Å². The number of aliphatic hydroxyl groups excluding tert-OH is 3. The summed E-state index contributed by atoms with van der Waals surface area (Å²) in [5.74, 6) is -6.28.